The fourth-order valence-corrected chi connectivity index (χ4v) is 4.11. The van der Waals surface area contributed by atoms with Crippen LogP contribution in [-0.2, 0) is 16.6 Å². The van der Waals surface area contributed by atoms with Crippen molar-refractivity contribution in [3.05, 3.63) is 89.5 Å². The largest absolute Gasteiger partial charge is 0.489 e. The number of ether oxygens (including phenoxy) is 1. The Balaban J connectivity index is 1.65. The van der Waals surface area contributed by atoms with Gasteiger partial charge in [0, 0.05) is 23.0 Å². The van der Waals surface area contributed by atoms with E-state index in [9.17, 15) is 13.2 Å². The number of hydrogen-bond acceptors (Lipinski definition) is 5. The topological polar surface area (TPSA) is 108 Å². The number of rotatable bonds is 9. The second-order valence-corrected chi connectivity index (χ2v) is 8.93. The number of sulfonamides is 1. The van der Waals surface area contributed by atoms with E-state index in [1.807, 2.05) is 6.07 Å². The number of anilines is 2. The molecule has 0 spiro atoms. The lowest BCUT2D eigenvalue weighted by Gasteiger charge is -2.11. The molecular weight excluding hydrogens is 426 g/mol. The molecule has 0 unspecified atom stereocenters. The van der Waals surface area contributed by atoms with E-state index in [1.54, 1.807) is 67.6 Å². The van der Waals surface area contributed by atoms with Crippen molar-refractivity contribution in [1.29, 1.82) is 5.26 Å². The van der Waals surface area contributed by atoms with Gasteiger partial charge < -0.3 is 10.1 Å². The molecule has 0 aromatic heterocycles. The molecule has 0 radical (unpaired) electrons. The van der Waals surface area contributed by atoms with E-state index in [4.69, 9.17) is 10.00 Å². The minimum Gasteiger partial charge on any atom is -0.489 e. The zero-order valence-corrected chi connectivity index (χ0v) is 18.4. The molecule has 0 aliphatic heterocycles. The molecule has 0 saturated heterocycles. The van der Waals surface area contributed by atoms with Gasteiger partial charge >= 0.3 is 0 Å². The number of nitrogens with one attached hydrogen (secondary N) is 2. The summed E-state index contributed by atoms with van der Waals surface area (Å²) >= 11 is 0. The van der Waals surface area contributed by atoms with Crippen molar-refractivity contribution in [3.63, 3.8) is 0 Å². The highest BCUT2D eigenvalue weighted by atomic mass is 32.2. The summed E-state index contributed by atoms with van der Waals surface area (Å²) in [6.45, 7) is 2.07. The number of carbonyl (C=O) groups excluding carboxylic acids is 1. The molecule has 0 saturated carbocycles. The smallest absolute Gasteiger partial charge is 0.255 e. The molecule has 0 bridgehead atoms. The molecular formula is C24H23N3O4S. The summed E-state index contributed by atoms with van der Waals surface area (Å²) < 4.78 is 32.2. The Labute approximate surface area is 187 Å². The van der Waals surface area contributed by atoms with E-state index in [-0.39, 0.29) is 18.3 Å². The summed E-state index contributed by atoms with van der Waals surface area (Å²) in [4.78, 5) is 12.7. The first kappa shape index (κ1) is 22.8. The number of nitrogens with zero attached hydrogens (tertiary/aromatic N) is 1. The molecule has 0 fully saturated rings. The first-order valence-electron chi connectivity index (χ1n) is 10.0. The van der Waals surface area contributed by atoms with Crippen molar-refractivity contribution < 1.29 is 17.9 Å². The van der Waals surface area contributed by atoms with Gasteiger partial charge in [-0.25, -0.2) is 8.42 Å². The zero-order chi connectivity index (χ0) is 23.0. The molecule has 0 aliphatic carbocycles. The van der Waals surface area contributed by atoms with Crippen LogP contribution in [0, 0.1) is 11.3 Å². The molecule has 3 aromatic rings. The van der Waals surface area contributed by atoms with Crippen molar-refractivity contribution in [2.75, 3.05) is 15.8 Å². The number of benzene rings is 3. The fraction of sp³-hybridized carbons (Fsp3) is 0.167. The van der Waals surface area contributed by atoms with Gasteiger partial charge in [-0.1, -0.05) is 31.2 Å². The van der Waals surface area contributed by atoms with Crippen LogP contribution < -0.4 is 14.8 Å². The minimum absolute atomic E-state index is 0.0109. The van der Waals surface area contributed by atoms with Gasteiger partial charge in [0.25, 0.3) is 5.91 Å². The SMILES string of the molecule is CCCS(=O)(=O)Nc1cccc(C(=O)Nc2cccc(OCc3cccc(C#N)c3)c2)c1. The Bertz CT molecular complexity index is 1250. The van der Waals surface area contributed by atoms with Crippen molar-refractivity contribution in [2.45, 2.75) is 20.0 Å². The lowest BCUT2D eigenvalue weighted by atomic mass is 10.1. The molecule has 7 nitrogen and oxygen atoms in total. The summed E-state index contributed by atoms with van der Waals surface area (Å²) in [6.07, 6.45) is 0.498. The molecule has 32 heavy (non-hydrogen) atoms. The maximum absolute atomic E-state index is 12.7. The number of carbonyl (C=O) groups is 1. The van der Waals surface area contributed by atoms with Crippen LogP contribution >= 0.6 is 0 Å². The fourth-order valence-electron chi connectivity index (χ4n) is 2.99. The highest BCUT2D eigenvalue weighted by Crippen LogP contribution is 2.20. The summed E-state index contributed by atoms with van der Waals surface area (Å²) in [6, 6.07) is 22.5. The van der Waals surface area contributed by atoms with Crippen molar-refractivity contribution in [1.82, 2.24) is 0 Å². The Kier molecular flexibility index (Phi) is 7.47. The Morgan fingerprint density at radius 1 is 1.00 bits per heavy atom. The van der Waals surface area contributed by atoms with Crippen molar-refractivity contribution in [3.8, 4) is 11.8 Å². The van der Waals surface area contributed by atoms with Crippen LogP contribution in [0.4, 0.5) is 11.4 Å². The summed E-state index contributed by atoms with van der Waals surface area (Å²) in [5.74, 6) is 0.198. The van der Waals surface area contributed by atoms with Crippen LogP contribution in [-0.4, -0.2) is 20.1 Å². The van der Waals surface area contributed by atoms with Crippen LogP contribution in [0.15, 0.2) is 72.8 Å². The van der Waals surface area contributed by atoms with Crippen LogP contribution in [0.25, 0.3) is 0 Å². The Morgan fingerprint density at radius 3 is 2.53 bits per heavy atom. The predicted molar refractivity (Wildman–Crippen MR) is 124 cm³/mol. The summed E-state index contributed by atoms with van der Waals surface area (Å²) in [7, 11) is -3.44. The number of hydrogen-bond donors (Lipinski definition) is 2. The van der Waals surface area contributed by atoms with Crippen molar-refractivity contribution in [2.24, 2.45) is 0 Å². The average molecular weight is 450 g/mol. The van der Waals surface area contributed by atoms with Crippen molar-refractivity contribution >= 4 is 27.3 Å². The molecule has 0 aliphatic rings. The van der Waals surface area contributed by atoms with Crippen LogP contribution in [0.5, 0.6) is 5.75 Å². The Morgan fingerprint density at radius 2 is 1.75 bits per heavy atom. The van der Waals surface area contributed by atoms with E-state index in [0.717, 1.165) is 5.56 Å². The van der Waals surface area contributed by atoms with Gasteiger partial charge in [-0.15, -0.1) is 0 Å². The molecule has 0 atom stereocenters. The number of nitriles is 1. The van der Waals surface area contributed by atoms with E-state index in [1.165, 1.54) is 6.07 Å². The standard InChI is InChI=1S/C24H23N3O4S/c1-2-12-32(29,30)27-22-10-4-8-20(14-22)24(28)26-21-9-5-11-23(15-21)31-17-19-7-3-6-18(13-19)16-25/h3-11,13-15,27H,2,12,17H2,1H3,(H,26,28). The normalized spacial score (nSPS) is 10.8. The average Bonchev–Trinajstić information content (AvgIpc) is 2.78. The van der Waals surface area contributed by atoms with Crippen LogP contribution in [0.2, 0.25) is 0 Å². The second-order valence-electron chi connectivity index (χ2n) is 7.08. The first-order valence-corrected chi connectivity index (χ1v) is 11.7. The molecule has 8 heteroatoms. The molecule has 1 amide bonds. The van der Waals surface area contributed by atoms with Gasteiger partial charge in [-0.2, -0.15) is 5.26 Å². The van der Waals surface area contributed by atoms with Gasteiger partial charge in [0.05, 0.1) is 17.4 Å². The van der Waals surface area contributed by atoms with E-state index < -0.39 is 10.0 Å². The van der Waals surface area contributed by atoms with E-state index in [0.29, 0.717) is 34.7 Å². The predicted octanol–water partition coefficient (Wildman–Crippen LogP) is 4.54. The van der Waals surface area contributed by atoms with Crippen LogP contribution in [0.1, 0.15) is 34.8 Å². The third kappa shape index (κ3) is 6.59. The first-order chi connectivity index (χ1) is 15.4. The maximum Gasteiger partial charge on any atom is 0.255 e. The lowest BCUT2D eigenvalue weighted by molar-refractivity contribution is 0.102. The quantitative estimate of drug-likeness (QED) is 0.498. The second kappa shape index (κ2) is 10.5. The van der Waals surface area contributed by atoms with Crippen LogP contribution in [0.3, 0.4) is 0 Å². The third-order valence-corrected chi connectivity index (χ3v) is 5.92. The molecule has 0 heterocycles. The minimum atomic E-state index is -3.44. The van der Waals surface area contributed by atoms with Gasteiger partial charge in [-0.3, -0.25) is 9.52 Å². The lowest BCUT2D eigenvalue weighted by Crippen LogP contribution is -2.17. The highest BCUT2D eigenvalue weighted by molar-refractivity contribution is 7.92. The van der Waals surface area contributed by atoms with Gasteiger partial charge in [0.15, 0.2) is 0 Å². The molecule has 3 rings (SSSR count). The van der Waals surface area contributed by atoms with E-state index >= 15 is 0 Å². The van der Waals surface area contributed by atoms with Gasteiger partial charge in [0.1, 0.15) is 12.4 Å². The number of amides is 1. The maximum atomic E-state index is 12.7. The Hall–Kier alpha value is -3.83. The summed E-state index contributed by atoms with van der Waals surface area (Å²) in [5, 5.41) is 11.8. The van der Waals surface area contributed by atoms with Gasteiger partial charge in [-0.05, 0) is 54.4 Å². The third-order valence-electron chi connectivity index (χ3n) is 4.42. The summed E-state index contributed by atoms with van der Waals surface area (Å²) in [5.41, 5.74) is 2.62. The van der Waals surface area contributed by atoms with Gasteiger partial charge in [0.2, 0.25) is 10.0 Å². The molecule has 3 aromatic carbocycles. The monoisotopic (exact) mass is 449 g/mol. The molecule has 2 N–H and O–H groups in total. The molecule has 164 valence electrons. The highest BCUT2D eigenvalue weighted by Gasteiger charge is 2.12. The van der Waals surface area contributed by atoms with E-state index in [2.05, 4.69) is 16.1 Å². The zero-order valence-electron chi connectivity index (χ0n) is 17.5.